The van der Waals surface area contributed by atoms with Crippen LogP contribution in [0.15, 0.2) is 52.1 Å². The summed E-state index contributed by atoms with van der Waals surface area (Å²) in [7, 11) is 1.68. The van der Waals surface area contributed by atoms with Crippen LogP contribution in [0.25, 0.3) is 0 Å². The van der Waals surface area contributed by atoms with Crippen molar-refractivity contribution in [2.24, 2.45) is 4.99 Å². The molecule has 1 heterocycles. The van der Waals surface area contributed by atoms with Crippen LogP contribution in [0, 0.1) is 0 Å². The Hall–Kier alpha value is -1.74. The van der Waals surface area contributed by atoms with E-state index in [9.17, 15) is 5.11 Å². The minimum absolute atomic E-state index is 0. The van der Waals surface area contributed by atoms with Crippen LogP contribution in [0.1, 0.15) is 37.0 Å². The Bertz CT molecular complexity index is 711. The van der Waals surface area contributed by atoms with Gasteiger partial charge in [0.15, 0.2) is 5.96 Å². The Morgan fingerprint density at radius 1 is 1.14 bits per heavy atom. The highest BCUT2D eigenvalue weighted by Crippen LogP contribution is 2.18. The van der Waals surface area contributed by atoms with Gasteiger partial charge in [0.25, 0.3) is 0 Å². The molecule has 1 fully saturated rings. The van der Waals surface area contributed by atoms with Crippen LogP contribution in [0.4, 0.5) is 0 Å². The molecule has 3 N–H and O–H groups in total. The predicted octanol–water partition coefficient (Wildman–Crippen LogP) is 3.53. The van der Waals surface area contributed by atoms with Gasteiger partial charge in [-0.05, 0) is 61.9 Å². The van der Waals surface area contributed by atoms with Crippen LogP contribution in [-0.2, 0) is 12.8 Å². The number of aliphatic hydroxyl groups is 1. The number of methoxy groups -OCH3 is 1. The molecule has 1 aliphatic carbocycles. The van der Waals surface area contributed by atoms with Gasteiger partial charge in [0.05, 0.1) is 19.5 Å². The Morgan fingerprint density at radius 2 is 1.90 bits per heavy atom. The highest BCUT2D eigenvalue weighted by atomic mass is 127. The fourth-order valence-corrected chi connectivity index (χ4v) is 3.42. The van der Waals surface area contributed by atoms with Gasteiger partial charge < -0.3 is 24.9 Å². The molecule has 0 amide bonds. The lowest BCUT2D eigenvalue weighted by Gasteiger charge is -2.27. The summed E-state index contributed by atoms with van der Waals surface area (Å²) >= 11 is 0. The number of aliphatic imine (C=N–C) groups is 1. The molecule has 0 radical (unpaired) electrons. The first-order valence-electron chi connectivity index (χ1n) is 10.1. The van der Waals surface area contributed by atoms with E-state index in [1.54, 1.807) is 13.4 Å². The van der Waals surface area contributed by atoms with Crippen molar-refractivity contribution < 1.29 is 14.3 Å². The topological polar surface area (TPSA) is 79.0 Å². The zero-order valence-electron chi connectivity index (χ0n) is 17.0. The molecule has 0 aliphatic heterocycles. The van der Waals surface area contributed by atoms with Gasteiger partial charge in [-0.2, -0.15) is 0 Å². The Kier molecular flexibility index (Phi) is 10.3. The second-order valence-electron chi connectivity index (χ2n) is 7.23. The van der Waals surface area contributed by atoms with Crippen LogP contribution in [-0.4, -0.2) is 43.4 Å². The van der Waals surface area contributed by atoms with E-state index in [2.05, 4.69) is 22.8 Å². The van der Waals surface area contributed by atoms with Crippen LogP contribution in [0.5, 0.6) is 5.75 Å². The monoisotopic (exact) mass is 513 g/mol. The van der Waals surface area contributed by atoms with E-state index >= 15 is 0 Å². The Balaban J connectivity index is 0.00000300. The van der Waals surface area contributed by atoms with Crippen LogP contribution >= 0.6 is 24.0 Å². The average Bonchev–Trinajstić information content (AvgIpc) is 3.23. The van der Waals surface area contributed by atoms with E-state index in [0.29, 0.717) is 12.6 Å². The lowest BCUT2D eigenvalue weighted by molar-refractivity contribution is 0.120. The molecular formula is C22H32IN3O3. The first-order chi connectivity index (χ1) is 13.7. The molecular weight excluding hydrogens is 481 g/mol. The fourth-order valence-electron chi connectivity index (χ4n) is 3.42. The summed E-state index contributed by atoms with van der Waals surface area (Å²) in [6.45, 7) is 1.47. The quantitative estimate of drug-likeness (QED) is 0.286. The smallest absolute Gasteiger partial charge is 0.191 e. The van der Waals surface area contributed by atoms with Crippen molar-refractivity contribution in [2.45, 2.75) is 50.7 Å². The third-order valence-corrected chi connectivity index (χ3v) is 5.11. The standard InChI is InChI=1S/C22H31N3O3.HI/c1-27-20-10-4-17(5-11-20)12-14-23-22(24-15-13-21-3-2-16-28-21)25-18-6-8-19(26)9-7-18;/h2-5,10-11,16,18-19,26H,6-9,12-15H2,1H3,(H2,23,24,25);1H. The predicted molar refractivity (Wildman–Crippen MR) is 126 cm³/mol. The van der Waals surface area contributed by atoms with E-state index in [1.165, 1.54) is 5.56 Å². The number of nitrogens with zero attached hydrogens (tertiary/aromatic N) is 1. The summed E-state index contributed by atoms with van der Waals surface area (Å²) in [5.41, 5.74) is 1.25. The second-order valence-corrected chi connectivity index (χ2v) is 7.23. The lowest BCUT2D eigenvalue weighted by Crippen LogP contribution is -2.46. The van der Waals surface area contributed by atoms with Gasteiger partial charge in [-0.3, -0.25) is 4.99 Å². The van der Waals surface area contributed by atoms with Crippen molar-refractivity contribution in [3.63, 3.8) is 0 Å². The zero-order valence-corrected chi connectivity index (χ0v) is 19.3. The third-order valence-electron chi connectivity index (χ3n) is 5.11. The van der Waals surface area contributed by atoms with Crippen molar-refractivity contribution >= 4 is 29.9 Å². The Labute approximate surface area is 190 Å². The number of benzene rings is 1. The molecule has 6 nitrogen and oxygen atoms in total. The molecule has 1 aromatic carbocycles. The van der Waals surface area contributed by atoms with E-state index in [4.69, 9.17) is 14.1 Å². The van der Waals surface area contributed by atoms with E-state index in [0.717, 1.165) is 62.5 Å². The number of ether oxygens (including phenoxy) is 1. The van der Waals surface area contributed by atoms with E-state index < -0.39 is 0 Å². The largest absolute Gasteiger partial charge is 0.497 e. The maximum atomic E-state index is 9.72. The SMILES string of the molecule is COc1ccc(CCNC(=NCCc2ccco2)NC2CCC(O)CC2)cc1.I. The third kappa shape index (κ3) is 8.26. The van der Waals surface area contributed by atoms with Gasteiger partial charge in [-0.15, -0.1) is 24.0 Å². The molecule has 0 saturated heterocycles. The highest BCUT2D eigenvalue weighted by molar-refractivity contribution is 14.0. The number of hydrogen-bond donors (Lipinski definition) is 3. The maximum Gasteiger partial charge on any atom is 0.191 e. The number of nitrogens with one attached hydrogen (secondary N) is 2. The Morgan fingerprint density at radius 3 is 2.55 bits per heavy atom. The van der Waals surface area contributed by atoms with E-state index in [1.807, 2.05) is 24.3 Å². The van der Waals surface area contributed by atoms with Gasteiger partial charge in [0, 0.05) is 25.6 Å². The van der Waals surface area contributed by atoms with Crippen molar-refractivity contribution in [1.82, 2.24) is 10.6 Å². The number of aliphatic hydroxyl groups excluding tert-OH is 1. The highest BCUT2D eigenvalue weighted by Gasteiger charge is 2.20. The first kappa shape index (κ1) is 23.5. The number of hydrogen-bond acceptors (Lipinski definition) is 4. The average molecular weight is 513 g/mol. The van der Waals surface area contributed by atoms with Gasteiger partial charge in [-0.1, -0.05) is 12.1 Å². The first-order valence-corrected chi connectivity index (χ1v) is 10.1. The number of rotatable bonds is 8. The van der Waals surface area contributed by atoms with Crippen molar-refractivity contribution in [2.75, 3.05) is 20.2 Å². The molecule has 1 aliphatic rings. The maximum absolute atomic E-state index is 9.72. The second kappa shape index (κ2) is 12.7. The molecule has 160 valence electrons. The number of halogens is 1. The fraction of sp³-hybridized carbons (Fsp3) is 0.500. The van der Waals surface area contributed by atoms with Crippen LogP contribution < -0.4 is 15.4 Å². The van der Waals surface area contributed by atoms with Gasteiger partial charge in [0.1, 0.15) is 11.5 Å². The molecule has 7 heteroatoms. The van der Waals surface area contributed by atoms with Crippen molar-refractivity contribution in [3.8, 4) is 5.75 Å². The molecule has 1 aromatic heterocycles. The normalized spacial score (nSPS) is 19.3. The summed E-state index contributed by atoms with van der Waals surface area (Å²) in [4.78, 5) is 4.72. The molecule has 0 unspecified atom stereocenters. The lowest BCUT2D eigenvalue weighted by atomic mass is 9.93. The molecule has 0 bridgehead atoms. The summed E-state index contributed by atoms with van der Waals surface area (Å²) in [5.74, 6) is 2.65. The van der Waals surface area contributed by atoms with Gasteiger partial charge in [-0.25, -0.2) is 0 Å². The van der Waals surface area contributed by atoms with Crippen LogP contribution in [0.2, 0.25) is 0 Å². The molecule has 0 spiro atoms. The summed E-state index contributed by atoms with van der Waals surface area (Å²) in [6.07, 6.45) is 6.87. The zero-order chi connectivity index (χ0) is 19.6. The molecule has 2 aromatic rings. The minimum Gasteiger partial charge on any atom is -0.497 e. The van der Waals surface area contributed by atoms with Crippen molar-refractivity contribution in [1.29, 1.82) is 0 Å². The number of guanidine groups is 1. The summed E-state index contributed by atoms with van der Waals surface area (Å²) in [6, 6.07) is 12.4. The van der Waals surface area contributed by atoms with Gasteiger partial charge in [0.2, 0.25) is 0 Å². The molecule has 0 atom stereocenters. The summed E-state index contributed by atoms with van der Waals surface area (Å²) in [5, 5.41) is 16.7. The van der Waals surface area contributed by atoms with Crippen molar-refractivity contribution in [3.05, 3.63) is 54.0 Å². The van der Waals surface area contributed by atoms with Gasteiger partial charge >= 0.3 is 0 Å². The minimum atomic E-state index is -0.152. The number of furan rings is 1. The molecule has 3 rings (SSSR count). The van der Waals surface area contributed by atoms with Crippen LogP contribution in [0.3, 0.4) is 0 Å². The molecule has 29 heavy (non-hydrogen) atoms. The molecule has 1 saturated carbocycles. The summed E-state index contributed by atoms with van der Waals surface area (Å²) < 4.78 is 10.6. The van der Waals surface area contributed by atoms with E-state index in [-0.39, 0.29) is 30.1 Å².